The van der Waals surface area contributed by atoms with Crippen LogP contribution in [0.15, 0.2) is 30.5 Å². The largest absolute Gasteiger partial charge is 0.453 e. The van der Waals surface area contributed by atoms with Crippen LogP contribution in [-0.4, -0.2) is 41.0 Å². The second-order valence-corrected chi connectivity index (χ2v) is 9.27. The summed E-state index contributed by atoms with van der Waals surface area (Å²) < 4.78 is 10.1. The number of nitrogens with one attached hydrogen (secondary N) is 3. The van der Waals surface area contributed by atoms with Crippen LogP contribution >= 0.6 is 0 Å². The van der Waals surface area contributed by atoms with Gasteiger partial charge in [-0.1, -0.05) is 13.3 Å². The molecule has 0 aliphatic carbocycles. The van der Waals surface area contributed by atoms with Crippen molar-refractivity contribution in [1.29, 1.82) is 0 Å². The standard InChI is InChI=1S/C24H31N5O5/c1-14-7-6-8-18(28-23(32)34-24(2,3)4)15-11-20(29-25-13-15)17-10-9-16(26-22(31)33-5)12-19(17)27-21(14)30/h9-14,18H,6-8H2,1-5H3,(H,26,31)(H,27,30)(H,28,32)/t14-,18-/m0/s1. The Kier molecular flexibility index (Phi) is 7.70. The number of hydrogen-bond donors (Lipinski definition) is 3. The minimum atomic E-state index is -0.626. The average molecular weight is 470 g/mol. The van der Waals surface area contributed by atoms with Gasteiger partial charge in [0.25, 0.3) is 0 Å². The van der Waals surface area contributed by atoms with Crippen molar-refractivity contribution >= 4 is 29.5 Å². The number of carbonyl (C=O) groups is 3. The number of methoxy groups -OCH3 is 1. The highest BCUT2D eigenvalue weighted by atomic mass is 16.6. The number of hydrogen-bond acceptors (Lipinski definition) is 7. The summed E-state index contributed by atoms with van der Waals surface area (Å²) in [6, 6.07) is 6.54. The van der Waals surface area contributed by atoms with Crippen molar-refractivity contribution in [3.05, 3.63) is 36.0 Å². The van der Waals surface area contributed by atoms with Crippen molar-refractivity contribution in [3.8, 4) is 11.3 Å². The number of rotatable bonds is 2. The number of aromatic nitrogens is 2. The molecule has 2 heterocycles. The van der Waals surface area contributed by atoms with E-state index in [1.165, 1.54) is 7.11 Å². The van der Waals surface area contributed by atoms with Crippen molar-refractivity contribution in [2.75, 3.05) is 17.7 Å². The van der Waals surface area contributed by atoms with Gasteiger partial charge < -0.3 is 20.1 Å². The van der Waals surface area contributed by atoms with Gasteiger partial charge in [0.05, 0.1) is 30.7 Å². The zero-order valence-electron chi connectivity index (χ0n) is 20.1. The average Bonchev–Trinajstić information content (AvgIpc) is 2.76. The number of alkyl carbamates (subject to hydrolysis) is 1. The summed E-state index contributed by atoms with van der Waals surface area (Å²) in [6.07, 6.45) is 2.41. The molecule has 10 heteroatoms. The second-order valence-electron chi connectivity index (χ2n) is 9.27. The molecule has 1 aliphatic rings. The first kappa shape index (κ1) is 24.9. The molecule has 0 fully saturated rings. The third kappa shape index (κ3) is 6.66. The molecule has 0 saturated heterocycles. The molecule has 10 nitrogen and oxygen atoms in total. The lowest BCUT2D eigenvalue weighted by molar-refractivity contribution is -0.119. The van der Waals surface area contributed by atoms with E-state index in [-0.39, 0.29) is 17.9 Å². The van der Waals surface area contributed by atoms with Crippen LogP contribution in [0.5, 0.6) is 0 Å². The van der Waals surface area contributed by atoms with Crippen LogP contribution in [0.25, 0.3) is 11.3 Å². The molecular formula is C24H31N5O5. The SMILES string of the molecule is COC(=O)Nc1ccc2c(c1)NC(=O)[C@@H](C)CCC[C@H](NC(=O)OC(C)(C)C)c1cnnc-2c1. The Morgan fingerprint density at radius 2 is 1.91 bits per heavy atom. The molecule has 1 aromatic heterocycles. The molecule has 0 unspecified atom stereocenters. The predicted molar refractivity (Wildman–Crippen MR) is 127 cm³/mol. The summed E-state index contributed by atoms with van der Waals surface area (Å²) in [4.78, 5) is 37.0. The van der Waals surface area contributed by atoms with Crippen LogP contribution in [-0.2, 0) is 14.3 Å². The number of carbonyl (C=O) groups excluding carboxylic acids is 3. The maximum Gasteiger partial charge on any atom is 0.411 e. The Morgan fingerprint density at radius 1 is 1.15 bits per heavy atom. The van der Waals surface area contributed by atoms with Gasteiger partial charge in [0, 0.05) is 17.2 Å². The van der Waals surface area contributed by atoms with Crippen LogP contribution in [0, 0.1) is 5.92 Å². The van der Waals surface area contributed by atoms with Gasteiger partial charge in [-0.15, -0.1) is 0 Å². The van der Waals surface area contributed by atoms with Gasteiger partial charge in [-0.3, -0.25) is 10.1 Å². The fourth-order valence-corrected chi connectivity index (χ4v) is 3.61. The van der Waals surface area contributed by atoms with E-state index < -0.39 is 17.8 Å². The van der Waals surface area contributed by atoms with Crippen molar-refractivity contribution < 1.29 is 23.9 Å². The predicted octanol–water partition coefficient (Wildman–Crippen LogP) is 4.65. The molecule has 0 radical (unpaired) electrons. The molecule has 1 aromatic carbocycles. The minimum Gasteiger partial charge on any atom is -0.453 e. The summed E-state index contributed by atoms with van der Waals surface area (Å²) in [7, 11) is 1.27. The lowest BCUT2D eigenvalue weighted by Crippen LogP contribution is -2.35. The Hall–Kier alpha value is -3.69. The molecule has 182 valence electrons. The third-order valence-electron chi connectivity index (χ3n) is 5.33. The zero-order chi connectivity index (χ0) is 24.9. The number of nitrogens with zero attached hydrogens (tertiary/aromatic N) is 2. The van der Waals surface area contributed by atoms with Crippen LogP contribution in [0.3, 0.4) is 0 Å². The van der Waals surface area contributed by atoms with Crippen molar-refractivity contribution in [1.82, 2.24) is 15.5 Å². The fourth-order valence-electron chi connectivity index (χ4n) is 3.61. The molecule has 2 aromatic rings. The minimum absolute atomic E-state index is 0.155. The van der Waals surface area contributed by atoms with E-state index in [1.807, 2.05) is 13.0 Å². The number of fused-ring (bicyclic) bond motifs is 4. The van der Waals surface area contributed by atoms with Crippen LogP contribution in [0.2, 0.25) is 0 Å². The summed E-state index contributed by atoms with van der Waals surface area (Å²) in [5.41, 5.74) is 2.23. The Bertz CT molecular complexity index is 1070. The molecule has 1 aliphatic heterocycles. The number of benzene rings is 1. The first-order valence-electron chi connectivity index (χ1n) is 11.2. The van der Waals surface area contributed by atoms with Gasteiger partial charge in [0.2, 0.25) is 5.91 Å². The summed E-state index contributed by atoms with van der Waals surface area (Å²) in [6.45, 7) is 7.27. The van der Waals surface area contributed by atoms with Gasteiger partial charge in [-0.2, -0.15) is 10.2 Å². The molecule has 2 atom stereocenters. The number of anilines is 2. The van der Waals surface area contributed by atoms with E-state index in [1.54, 1.807) is 45.2 Å². The molecule has 2 bridgehead atoms. The lowest BCUT2D eigenvalue weighted by Gasteiger charge is -2.25. The molecule has 34 heavy (non-hydrogen) atoms. The van der Waals surface area contributed by atoms with Gasteiger partial charge in [-0.05, 0) is 63.4 Å². The van der Waals surface area contributed by atoms with E-state index in [4.69, 9.17) is 4.74 Å². The van der Waals surface area contributed by atoms with Gasteiger partial charge in [0.15, 0.2) is 0 Å². The third-order valence-corrected chi connectivity index (χ3v) is 5.33. The summed E-state index contributed by atoms with van der Waals surface area (Å²) >= 11 is 0. The number of ether oxygens (including phenoxy) is 2. The van der Waals surface area contributed by atoms with Crippen molar-refractivity contribution in [3.63, 3.8) is 0 Å². The molecule has 0 saturated carbocycles. The van der Waals surface area contributed by atoms with E-state index in [9.17, 15) is 14.4 Å². The molecule has 3 N–H and O–H groups in total. The molecule has 0 spiro atoms. The molecule has 3 rings (SSSR count). The second kappa shape index (κ2) is 10.5. The quantitative estimate of drug-likeness (QED) is 0.583. The smallest absolute Gasteiger partial charge is 0.411 e. The van der Waals surface area contributed by atoms with Crippen LogP contribution in [0.4, 0.5) is 21.0 Å². The Morgan fingerprint density at radius 3 is 2.62 bits per heavy atom. The van der Waals surface area contributed by atoms with Gasteiger partial charge in [0.1, 0.15) is 5.60 Å². The fraction of sp³-hybridized carbons (Fsp3) is 0.458. The van der Waals surface area contributed by atoms with Crippen molar-refractivity contribution in [2.45, 2.75) is 58.6 Å². The molecular weight excluding hydrogens is 438 g/mol. The van der Waals surface area contributed by atoms with E-state index in [0.29, 0.717) is 41.9 Å². The Balaban J connectivity index is 2.01. The van der Waals surface area contributed by atoms with E-state index >= 15 is 0 Å². The maximum absolute atomic E-state index is 12.9. The van der Waals surface area contributed by atoms with E-state index in [2.05, 4.69) is 30.9 Å². The maximum atomic E-state index is 12.9. The highest BCUT2D eigenvalue weighted by Crippen LogP contribution is 2.33. The van der Waals surface area contributed by atoms with Crippen LogP contribution < -0.4 is 16.0 Å². The summed E-state index contributed by atoms with van der Waals surface area (Å²) in [5.74, 6) is -0.422. The normalized spacial score (nSPS) is 18.3. The first-order chi connectivity index (χ1) is 16.1. The number of amides is 3. The Labute approximate surface area is 198 Å². The monoisotopic (exact) mass is 469 g/mol. The highest BCUT2D eigenvalue weighted by Gasteiger charge is 2.24. The highest BCUT2D eigenvalue weighted by molar-refractivity contribution is 5.98. The van der Waals surface area contributed by atoms with Crippen molar-refractivity contribution in [2.24, 2.45) is 5.92 Å². The lowest BCUT2D eigenvalue weighted by atomic mass is 9.95. The topological polar surface area (TPSA) is 132 Å². The molecule has 3 amide bonds. The van der Waals surface area contributed by atoms with Gasteiger partial charge >= 0.3 is 12.2 Å². The van der Waals surface area contributed by atoms with Gasteiger partial charge in [-0.25, -0.2) is 9.59 Å². The first-order valence-corrected chi connectivity index (χ1v) is 11.2. The zero-order valence-corrected chi connectivity index (χ0v) is 20.1. The van der Waals surface area contributed by atoms with E-state index in [0.717, 1.165) is 5.56 Å². The summed E-state index contributed by atoms with van der Waals surface area (Å²) in [5, 5.41) is 16.9. The van der Waals surface area contributed by atoms with Crippen LogP contribution in [0.1, 0.15) is 58.6 Å².